The van der Waals surface area contributed by atoms with Crippen molar-refractivity contribution in [3.05, 3.63) is 66.7 Å². The van der Waals surface area contributed by atoms with Gasteiger partial charge in [0.05, 0.1) is 0 Å². The average Bonchev–Trinajstić information content (AvgIpc) is 2.47. The number of hydrogen-bond acceptors (Lipinski definition) is 0. The molecule has 0 aliphatic rings. The number of rotatable bonds is 0. The highest BCUT2D eigenvalue weighted by atomic mass is 14.1. The molecule has 1 heteroatoms. The fraction of sp³-hybridized carbons (Fsp3) is 0. The quantitative estimate of drug-likeness (QED) is 0.321. The lowest BCUT2D eigenvalue weighted by atomic mass is 9.85. The van der Waals surface area contributed by atoms with Gasteiger partial charge in [0, 0.05) is 0 Å². The smallest absolute Gasteiger partial charge is 0.0883 e. The fourth-order valence-corrected chi connectivity index (χ4v) is 2.89. The Kier molecular flexibility index (Phi) is 2.16. The molecule has 4 aromatic rings. The summed E-state index contributed by atoms with van der Waals surface area (Å²) in [4.78, 5) is 0. The summed E-state index contributed by atoms with van der Waals surface area (Å²) < 4.78 is 0. The topological polar surface area (TPSA) is 0 Å². The standard InChI is InChI=1S/C18H11B/c19-18-11-17-13-6-2-1-5-12(13)9-10-15(17)14-7-3-4-8-16(14)18/h1-11H. The minimum absolute atomic E-state index is 0.847. The maximum Gasteiger partial charge on any atom is 0.114 e. The van der Waals surface area contributed by atoms with Gasteiger partial charge in [0.15, 0.2) is 0 Å². The summed E-state index contributed by atoms with van der Waals surface area (Å²) >= 11 is 0. The Hall–Kier alpha value is -2.28. The van der Waals surface area contributed by atoms with Crippen molar-refractivity contribution in [1.82, 2.24) is 0 Å². The molecule has 0 aromatic heterocycles. The van der Waals surface area contributed by atoms with Crippen LogP contribution in [0.5, 0.6) is 0 Å². The molecule has 0 saturated carbocycles. The summed E-state index contributed by atoms with van der Waals surface area (Å²) in [7, 11) is 6.21. The number of fused-ring (bicyclic) bond motifs is 5. The van der Waals surface area contributed by atoms with Gasteiger partial charge in [-0.2, -0.15) is 0 Å². The third kappa shape index (κ3) is 1.48. The van der Waals surface area contributed by atoms with E-state index in [-0.39, 0.29) is 0 Å². The molecule has 0 saturated heterocycles. The zero-order chi connectivity index (χ0) is 12.8. The molecule has 4 rings (SSSR count). The summed E-state index contributed by atoms with van der Waals surface area (Å²) in [6.07, 6.45) is 0. The first kappa shape index (κ1) is 10.6. The Bertz CT molecular complexity index is 922. The van der Waals surface area contributed by atoms with E-state index in [2.05, 4.69) is 60.7 Å². The molecule has 4 aromatic carbocycles. The second kappa shape index (κ2) is 3.86. The van der Waals surface area contributed by atoms with E-state index in [0.29, 0.717) is 0 Å². The summed E-state index contributed by atoms with van der Waals surface area (Å²) in [6, 6.07) is 23.2. The van der Waals surface area contributed by atoms with E-state index in [1.165, 1.54) is 26.9 Å². The molecular weight excluding hydrogens is 227 g/mol. The maximum atomic E-state index is 6.21. The molecule has 19 heavy (non-hydrogen) atoms. The lowest BCUT2D eigenvalue weighted by Crippen LogP contribution is -2.03. The molecule has 0 spiro atoms. The zero-order valence-electron chi connectivity index (χ0n) is 10.4. The van der Waals surface area contributed by atoms with Crippen molar-refractivity contribution >= 4 is 45.6 Å². The van der Waals surface area contributed by atoms with Gasteiger partial charge < -0.3 is 0 Å². The minimum atomic E-state index is 0.847. The van der Waals surface area contributed by atoms with Crippen LogP contribution in [0.1, 0.15) is 0 Å². The number of benzene rings is 4. The Balaban J connectivity index is 2.34. The van der Waals surface area contributed by atoms with Gasteiger partial charge in [-0.25, -0.2) is 0 Å². The van der Waals surface area contributed by atoms with Crippen molar-refractivity contribution in [3.63, 3.8) is 0 Å². The van der Waals surface area contributed by atoms with Gasteiger partial charge in [-0.3, -0.25) is 0 Å². The Morgan fingerprint density at radius 3 is 2.00 bits per heavy atom. The van der Waals surface area contributed by atoms with Crippen molar-refractivity contribution in [1.29, 1.82) is 0 Å². The summed E-state index contributed by atoms with van der Waals surface area (Å²) in [5, 5.41) is 7.37. The predicted octanol–water partition coefficient (Wildman–Crippen LogP) is 3.94. The lowest BCUT2D eigenvalue weighted by molar-refractivity contribution is 1.79. The molecule has 0 aliphatic heterocycles. The summed E-state index contributed by atoms with van der Waals surface area (Å²) in [5.74, 6) is 0. The third-order valence-electron chi connectivity index (χ3n) is 3.80. The van der Waals surface area contributed by atoms with Crippen LogP contribution >= 0.6 is 0 Å². The van der Waals surface area contributed by atoms with Gasteiger partial charge in [-0.05, 0) is 32.3 Å². The number of hydrogen-bond donors (Lipinski definition) is 0. The molecule has 86 valence electrons. The molecule has 0 atom stereocenters. The first-order chi connectivity index (χ1) is 9.34. The molecule has 0 nitrogen and oxygen atoms in total. The normalized spacial score (nSPS) is 11.4. The highest BCUT2D eigenvalue weighted by molar-refractivity contribution is 6.41. The maximum absolute atomic E-state index is 6.21. The molecule has 0 amide bonds. The molecule has 0 heterocycles. The Morgan fingerprint density at radius 1 is 0.526 bits per heavy atom. The molecule has 0 bridgehead atoms. The summed E-state index contributed by atoms with van der Waals surface area (Å²) in [6.45, 7) is 0. The van der Waals surface area contributed by atoms with Crippen LogP contribution < -0.4 is 5.46 Å². The summed E-state index contributed by atoms with van der Waals surface area (Å²) in [5.41, 5.74) is 0.847. The van der Waals surface area contributed by atoms with Crippen molar-refractivity contribution in [2.45, 2.75) is 0 Å². The molecular formula is C18H11B. The largest absolute Gasteiger partial charge is 0.114 e. The van der Waals surface area contributed by atoms with Crippen LogP contribution in [0, 0.1) is 0 Å². The Labute approximate surface area is 113 Å². The average molecular weight is 238 g/mol. The Morgan fingerprint density at radius 2 is 1.16 bits per heavy atom. The van der Waals surface area contributed by atoms with Gasteiger partial charge in [-0.15, -0.1) is 0 Å². The highest BCUT2D eigenvalue weighted by Gasteiger charge is 2.05. The molecule has 0 aliphatic carbocycles. The van der Waals surface area contributed by atoms with Crippen molar-refractivity contribution in [2.75, 3.05) is 0 Å². The van der Waals surface area contributed by atoms with E-state index in [1.54, 1.807) is 0 Å². The van der Waals surface area contributed by atoms with Crippen molar-refractivity contribution < 1.29 is 0 Å². The van der Waals surface area contributed by atoms with Gasteiger partial charge in [0.25, 0.3) is 0 Å². The first-order valence-corrected chi connectivity index (χ1v) is 6.43. The first-order valence-electron chi connectivity index (χ1n) is 6.43. The van der Waals surface area contributed by atoms with Crippen molar-refractivity contribution in [2.24, 2.45) is 0 Å². The van der Waals surface area contributed by atoms with E-state index >= 15 is 0 Å². The lowest BCUT2D eigenvalue weighted by Gasteiger charge is -2.10. The van der Waals surface area contributed by atoms with E-state index in [4.69, 9.17) is 7.85 Å². The van der Waals surface area contributed by atoms with Crippen LogP contribution in [0.2, 0.25) is 0 Å². The molecule has 2 radical (unpaired) electrons. The van der Waals surface area contributed by atoms with E-state index in [1.807, 2.05) is 6.07 Å². The highest BCUT2D eigenvalue weighted by Crippen LogP contribution is 2.29. The third-order valence-corrected chi connectivity index (χ3v) is 3.80. The van der Waals surface area contributed by atoms with Crippen LogP contribution in [-0.4, -0.2) is 7.85 Å². The second-order valence-corrected chi connectivity index (χ2v) is 4.89. The van der Waals surface area contributed by atoms with E-state index in [9.17, 15) is 0 Å². The molecule has 0 unspecified atom stereocenters. The monoisotopic (exact) mass is 238 g/mol. The van der Waals surface area contributed by atoms with Crippen molar-refractivity contribution in [3.8, 4) is 0 Å². The van der Waals surface area contributed by atoms with Gasteiger partial charge >= 0.3 is 0 Å². The molecule has 0 N–H and O–H groups in total. The zero-order valence-corrected chi connectivity index (χ0v) is 10.4. The van der Waals surface area contributed by atoms with E-state index < -0.39 is 0 Å². The van der Waals surface area contributed by atoms with Gasteiger partial charge in [0.2, 0.25) is 0 Å². The van der Waals surface area contributed by atoms with Gasteiger partial charge in [0.1, 0.15) is 7.85 Å². The van der Waals surface area contributed by atoms with Crippen LogP contribution in [0.25, 0.3) is 32.3 Å². The SMILES string of the molecule is [B]c1cc2c3ccccc3ccc2c2ccccc12. The predicted molar refractivity (Wildman–Crippen MR) is 84.3 cm³/mol. The van der Waals surface area contributed by atoms with Crippen LogP contribution in [0.4, 0.5) is 0 Å². The fourth-order valence-electron chi connectivity index (χ4n) is 2.89. The van der Waals surface area contributed by atoms with Crippen LogP contribution in [0.3, 0.4) is 0 Å². The molecule has 0 fully saturated rings. The second-order valence-electron chi connectivity index (χ2n) is 4.89. The van der Waals surface area contributed by atoms with Gasteiger partial charge in [-0.1, -0.05) is 72.2 Å². The minimum Gasteiger partial charge on any atom is -0.0883 e. The van der Waals surface area contributed by atoms with Crippen LogP contribution in [0.15, 0.2) is 66.7 Å². The van der Waals surface area contributed by atoms with Crippen LogP contribution in [-0.2, 0) is 0 Å². The van der Waals surface area contributed by atoms with E-state index in [0.717, 1.165) is 10.8 Å².